The Labute approximate surface area is 135 Å². The van der Waals surface area contributed by atoms with Crippen LogP contribution >= 0.6 is 35.0 Å². The van der Waals surface area contributed by atoms with Crippen molar-refractivity contribution < 1.29 is 4.79 Å². The van der Waals surface area contributed by atoms with Gasteiger partial charge in [0.1, 0.15) is 0 Å². The summed E-state index contributed by atoms with van der Waals surface area (Å²) in [5.41, 5.74) is 0.101. The summed E-state index contributed by atoms with van der Waals surface area (Å²) in [5, 5.41) is 7.61. The number of hydrogen-bond donors (Lipinski definition) is 1. The number of H-pyrrole nitrogens is 1. The number of nitrogens with one attached hydrogen (secondary N) is 1. The molecule has 112 valence electrons. The van der Waals surface area contributed by atoms with Crippen LogP contribution in [0.25, 0.3) is 0 Å². The highest BCUT2D eigenvalue weighted by Gasteiger charge is 2.14. The van der Waals surface area contributed by atoms with Crippen LogP contribution in [0.15, 0.2) is 28.2 Å². The van der Waals surface area contributed by atoms with Gasteiger partial charge in [0.25, 0.3) is 0 Å². The molecule has 2 aromatic rings. The fourth-order valence-electron chi connectivity index (χ4n) is 1.75. The average molecular weight is 346 g/mol. The van der Waals surface area contributed by atoms with Gasteiger partial charge in [0.2, 0.25) is 0 Å². The minimum absolute atomic E-state index is 0.133. The normalized spacial score (nSPS) is 10.8. The largest absolute Gasteiger partial charge is 0.343 e. The van der Waals surface area contributed by atoms with Gasteiger partial charge in [-0.05, 0) is 24.6 Å². The fourth-order valence-corrected chi connectivity index (χ4v) is 3.00. The Morgan fingerprint density at radius 1 is 1.43 bits per heavy atom. The zero-order valence-corrected chi connectivity index (χ0v) is 13.6. The van der Waals surface area contributed by atoms with E-state index in [2.05, 4.69) is 10.2 Å². The number of carbonyl (C=O) groups is 1. The van der Waals surface area contributed by atoms with E-state index in [9.17, 15) is 9.59 Å². The molecule has 0 amide bonds. The molecule has 0 radical (unpaired) electrons. The molecule has 2 rings (SSSR count). The number of aromatic nitrogens is 3. The molecule has 21 heavy (non-hydrogen) atoms. The highest BCUT2D eigenvalue weighted by molar-refractivity contribution is 7.99. The number of thioether (sulfide) groups is 1. The minimum atomic E-state index is -0.271. The van der Waals surface area contributed by atoms with Gasteiger partial charge in [-0.2, -0.15) is 0 Å². The van der Waals surface area contributed by atoms with E-state index in [1.165, 1.54) is 22.4 Å². The number of rotatable bonds is 6. The Bertz CT molecular complexity index is 712. The van der Waals surface area contributed by atoms with Crippen LogP contribution in [0.1, 0.15) is 23.7 Å². The summed E-state index contributed by atoms with van der Waals surface area (Å²) in [6, 6.07) is 4.75. The Balaban J connectivity index is 2.11. The summed E-state index contributed by atoms with van der Waals surface area (Å²) in [4.78, 5) is 23.7. The van der Waals surface area contributed by atoms with Gasteiger partial charge in [-0.1, -0.05) is 41.9 Å². The topological polar surface area (TPSA) is 67.8 Å². The third-order valence-corrected chi connectivity index (χ3v) is 4.27. The monoisotopic (exact) mass is 345 g/mol. The maximum atomic E-state index is 12.2. The third-order valence-electron chi connectivity index (χ3n) is 2.73. The van der Waals surface area contributed by atoms with E-state index in [0.29, 0.717) is 27.3 Å². The van der Waals surface area contributed by atoms with Crippen molar-refractivity contribution in [2.45, 2.75) is 25.0 Å². The number of nitrogens with zero attached hydrogens (tertiary/aromatic N) is 2. The Morgan fingerprint density at radius 2 is 2.19 bits per heavy atom. The highest BCUT2D eigenvalue weighted by Crippen LogP contribution is 2.23. The molecule has 0 aliphatic carbocycles. The molecule has 1 heterocycles. The number of aromatic amines is 1. The van der Waals surface area contributed by atoms with Gasteiger partial charge in [-0.3, -0.25) is 9.36 Å². The predicted molar refractivity (Wildman–Crippen MR) is 84.7 cm³/mol. The van der Waals surface area contributed by atoms with Crippen molar-refractivity contribution in [2.24, 2.45) is 0 Å². The molecular formula is C13H13Cl2N3O2S. The van der Waals surface area contributed by atoms with Crippen LogP contribution in [0.2, 0.25) is 10.0 Å². The quantitative estimate of drug-likeness (QED) is 0.644. The number of Topliss-reactive ketones (excluding diaryl/α,β-unsaturated/α-hetero) is 1. The average Bonchev–Trinajstić information content (AvgIpc) is 2.80. The van der Waals surface area contributed by atoms with Crippen LogP contribution in [0.5, 0.6) is 0 Å². The fraction of sp³-hybridized carbons (Fsp3) is 0.308. The van der Waals surface area contributed by atoms with E-state index >= 15 is 0 Å². The molecule has 0 aliphatic rings. The molecule has 0 fully saturated rings. The second kappa shape index (κ2) is 7.15. The van der Waals surface area contributed by atoms with Crippen LogP contribution < -0.4 is 5.69 Å². The molecular weight excluding hydrogens is 333 g/mol. The molecule has 0 aliphatic heterocycles. The maximum Gasteiger partial charge on any atom is 0.343 e. The van der Waals surface area contributed by atoms with Gasteiger partial charge in [0.15, 0.2) is 10.9 Å². The number of ketones is 1. The van der Waals surface area contributed by atoms with Crippen molar-refractivity contribution in [3.8, 4) is 0 Å². The first kappa shape index (κ1) is 16.1. The third kappa shape index (κ3) is 3.90. The zero-order chi connectivity index (χ0) is 15.4. The SMILES string of the molecule is CCCn1c(SCC(=O)c2cc(Cl)ccc2Cl)n[nH]c1=O. The summed E-state index contributed by atoms with van der Waals surface area (Å²) in [6.45, 7) is 2.52. The molecule has 1 aromatic carbocycles. The number of benzene rings is 1. The zero-order valence-electron chi connectivity index (χ0n) is 11.2. The Morgan fingerprint density at radius 3 is 2.90 bits per heavy atom. The van der Waals surface area contributed by atoms with Gasteiger partial charge in [-0.15, -0.1) is 5.10 Å². The van der Waals surface area contributed by atoms with E-state index in [1.807, 2.05) is 6.92 Å². The summed E-state index contributed by atoms with van der Waals surface area (Å²) in [6.07, 6.45) is 0.807. The molecule has 0 saturated heterocycles. The molecule has 0 spiro atoms. The van der Waals surface area contributed by atoms with Crippen molar-refractivity contribution in [3.63, 3.8) is 0 Å². The van der Waals surface area contributed by atoms with Crippen molar-refractivity contribution in [1.29, 1.82) is 0 Å². The lowest BCUT2D eigenvalue weighted by Gasteiger charge is -2.05. The van der Waals surface area contributed by atoms with Crippen molar-refractivity contribution in [1.82, 2.24) is 14.8 Å². The Kier molecular flexibility index (Phi) is 5.50. The summed E-state index contributed by atoms with van der Waals surface area (Å²) in [7, 11) is 0. The molecule has 5 nitrogen and oxygen atoms in total. The lowest BCUT2D eigenvalue weighted by atomic mass is 10.1. The smallest absolute Gasteiger partial charge is 0.293 e. The molecule has 0 bridgehead atoms. The van der Waals surface area contributed by atoms with Gasteiger partial charge < -0.3 is 0 Å². The van der Waals surface area contributed by atoms with Crippen LogP contribution in [0.4, 0.5) is 0 Å². The first-order valence-electron chi connectivity index (χ1n) is 6.29. The van der Waals surface area contributed by atoms with Crippen molar-refractivity contribution >= 4 is 40.7 Å². The van der Waals surface area contributed by atoms with Gasteiger partial charge in [0.05, 0.1) is 10.8 Å². The lowest BCUT2D eigenvalue weighted by molar-refractivity contribution is 0.102. The second-order valence-corrected chi connectivity index (χ2v) is 6.09. The van der Waals surface area contributed by atoms with Crippen molar-refractivity contribution in [2.75, 3.05) is 5.75 Å². The van der Waals surface area contributed by atoms with Crippen LogP contribution in [0, 0.1) is 0 Å². The van der Waals surface area contributed by atoms with Gasteiger partial charge in [-0.25, -0.2) is 9.89 Å². The number of hydrogen-bond acceptors (Lipinski definition) is 4. The van der Waals surface area contributed by atoms with Gasteiger partial charge >= 0.3 is 5.69 Å². The van der Waals surface area contributed by atoms with Crippen LogP contribution in [-0.4, -0.2) is 26.3 Å². The highest BCUT2D eigenvalue weighted by atomic mass is 35.5. The van der Waals surface area contributed by atoms with E-state index in [4.69, 9.17) is 23.2 Å². The first-order chi connectivity index (χ1) is 10.0. The van der Waals surface area contributed by atoms with Crippen molar-refractivity contribution in [3.05, 3.63) is 44.3 Å². The number of halogens is 2. The summed E-state index contributed by atoms with van der Waals surface area (Å²) < 4.78 is 1.51. The standard InChI is InChI=1S/C13H13Cl2N3O2S/c1-2-5-18-12(20)16-17-13(18)21-7-11(19)9-6-8(14)3-4-10(9)15/h3-4,6H,2,5,7H2,1H3,(H,16,20). The van der Waals surface area contributed by atoms with E-state index in [1.54, 1.807) is 12.1 Å². The Hall–Kier alpha value is -1.24. The van der Waals surface area contributed by atoms with Crippen LogP contribution in [0.3, 0.4) is 0 Å². The summed E-state index contributed by atoms with van der Waals surface area (Å²) in [5.74, 6) is -0.0281. The molecule has 1 N–H and O–H groups in total. The molecule has 0 atom stereocenters. The minimum Gasteiger partial charge on any atom is -0.293 e. The predicted octanol–water partition coefficient (Wildman–Crippen LogP) is 3.26. The maximum absolute atomic E-state index is 12.2. The van der Waals surface area contributed by atoms with E-state index < -0.39 is 0 Å². The number of carbonyl (C=O) groups excluding carboxylic acids is 1. The van der Waals surface area contributed by atoms with Gasteiger partial charge in [0, 0.05) is 17.1 Å². The molecule has 8 heteroatoms. The second-order valence-electron chi connectivity index (χ2n) is 4.30. The van der Waals surface area contributed by atoms with Crippen LogP contribution in [-0.2, 0) is 6.54 Å². The van der Waals surface area contributed by atoms with E-state index in [0.717, 1.165) is 6.42 Å². The lowest BCUT2D eigenvalue weighted by Crippen LogP contribution is -2.17. The molecule has 1 aromatic heterocycles. The molecule has 0 unspecified atom stereocenters. The first-order valence-corrected chi connectivity index (χ1v) is 8.03. The summed E-state index contributed by atoms with van der Waals surface area (Å²) >= 11 is 13.1. The molecule has 0 saturated carbocycles. The van der Waals surface area contributed by atoms with E-state index in [-0.39, 0.29) is 17.2 Å².